The highest BCUT2D eigenvalue weighted by Crippen LogP contribution is 2.14. The van der Waals surface area contributed by atoms with Crippen molar-refractivity contribution in [1.29, 1.82) is 0 Å². The van der Waals surface area contributed by atoms with Gasteiger partial charge in [0.2, 0.25) is 0 Å². The third-order valence-electron chi connectivity index (χ3n) is 3.83. The van der Waals surface area contributed by atoms with E-state index in [2.05, 4.69) is 5.32 Å². The molecule has 4 nitrogen and oxygen atoms in total. The van der Waals surface area contributed by atoms with Crippen molar-refractivity contribution in [3.8, 4) is 5.75 Å². The zero-order chi connectivity index (χ0) is 15.0. The summed E-state index contributed by atoms with van der Waals surface area (Å²) in [4.78, 5) is 0. The Hall–Kier alpha value is -1.10. The molecule has 0 bridgehead atoms. The number of ether oxygens (including phenoxy) is 1. The van der Waals surface area contributed by atoms with Crippen LogP contribution < -0.4 is 10.1 Å². The van der Waals surface area contributed by atoms with Crippen LogP contribution in [0.4, 0.5) is 0 Å². The lowest BCUT2D eigenvalue weighted by Crippen LogP contribution is -2.50. The van der Waals surface area contributed by atoms with Gasteiger partial charge in [-0.25, -0.2) is 0 Å². The Kier molecular flexibility index (Phi) is 6.99. The first kappa shape index (κ1) is 17.0. The van der Waals surface area contributed by atoms with Gasteiger partial charge in [-0.2, -0.15) is 0 Å². The zero-order valence-electron chi connectivity index (χ0n) is 12.7. The first-order chi connectivity index (χ1) is 9.55. The van der Waals surface area contributed by atoms with Crippen LogP contribution in [0, 0.1) is 6.92 Å². The molecule has 0 saturated heterocycles. The summed E-state index contributed by atoms with van der Waals surface area (Å²) in [5, 5.41) is 22.6. The second-order valence-corrected chi connectivity index (χ2v) is 5.30. The van der Waals surface area contributed by atoms with Crippen LogP contribution in [-0.4, -0.2) is 41.6 Å². The van der Waals surface area contributed by atoms with Crippen LogP contribution >= 0.6 is 0 Å². The number of benzene rings is 1. The maximum atomic E-state index is 9.95. The van der Waals surface area contributed by atoms with Crippen molar-refractivity contribution in [2.24, 2.45) is 0 Å². The number of β-amino-alcohol motifs (C(OH)–C–C–N with tert-alkyl or cyclic N) is 1. The lowest BCUT2D eigenvalue weighted by Gasteiger charge is -2.32. The molecule has 1 unspecified atom stereocenters. The molecule has 4 heteroatoms. The molecule has 0 amide bonds. The molecule has 114 valence electrons. The Morgan fingerprint density at radius 1 is 1.20 bits per heavy atom. The highest BCUT2D eigenvalue weighted by Gasteiger charge is 2.25. The second-order valence-electron chi connectivity index (χ2n) is 5.30. The van der Waals surface area contributed by atoms with E-state index in [-0.39, 0.29) is 18.8 Å². The van der Waals surface area contributed by atoms with Gasteiger partial charge in [0.1, 0.15) is 18.5 Å². The molecule has 1 rings (SSSR count). The molecule has 1 aromatic rings. The van der Waals surface area contributed by atoms with Crippen molar-refractivity contribution in [3.63, 3.8) is 0 Å². The van der Waals surface area contributed by atoms with Crippen molar-refractivity contribution >= 4 is 0 Å². The maximum Gasteiger partial charge on any atom is 0.119 e. The molecule has 0 saturated carbocycles. The Bertz CT molecular complexity index is 366. The van der Waals surface area contributed by atoms with Crippen LogP contribution in [0.2, 0.25) is 0 Å². The normalized spacial score (nSPS) is 13.2. The molecule has 0 radical (unpaired) electrons. The number of rotatable bonds is 9. The molecule has 0 spiro atoms. The summed E-state index contributed by atoms with van der Waals surface area (Å²) in [6.07, 6.45) is 1.05. The predicted molar refractivity (Wildman–Crippen MR) is 81.1 cm³/mol. The molecule has 3 N–H and O–H groups in total. The van der Waals surface area contributed by atoms with Gasteiger partial charge in [-0.15, -0.1) is 0 Å². The minimum Gasteiger partial charge on any atom is -0.491 e. The van der Waals surface area contributed by atoms with Crippen LogP contribution in [0.15, 0.2) is 24.3 Å². The molecular weight excluding hydrogens is 254 g/mol. The summed E-state index contributed by atoms with van der Waals surface area (Å²) in [5.74, 6) is 0.758. The topological polar surface area (TPSA) is 61.7 Å². The number of nitrogens with one attached hydrogen (secondary N) is 1. The number of aliphatic hydroxyl groups is 2. The zero-order valence-corrected chi connectivity index (χ0v) is 12.7. The highest BCUT2D eigenvalue weighted by molar-refractivity contribution is 5.26. The molecule has 0 heterocycles. The monoisotopic (exact) mass is 281 g/mol. The number of hydrogen-bond acceptors (Lipinski definition) is 4. The quantitative estimate of drug-likeness (QED) is 0.647. The molecule has 1 atom stereocenters. The van der Waals surface area contributed by atoms with Crippen LogP contribution in [0.3, 0.4) is 0 Å². The molecule has 0 aliphatic rings. The SMILES string of the molecule is CCC(CC)(CO)NCC(O)COc1ccc(C)cc1. The Labute approximate surface area is 121 Å². The average Bonchev–Trinajstić information content (AvgIpc) is 2.48. The van der Waals surface area contributed by atoms with Crippen LogP contribution in [0.5, 0.6) is 5.75 Å². The van der Waals surface area contributed by atoms with Crippen molar-refractivity contribution < 1.29 is 14.9 Å². The summed E-state index contributed by atoms with van der Waals surface area (Å²) < 4.78 is 5.54. The summed E-state index contributed by atoms with van der Waals surface area (Å²) in [6, 6.07) is 7.74. The molecule has 0 aliphatic heterocycles. The number of hydrogen-bond donors (Lipinski definition) is 3. The smallest absolute Gasteiger partial charge is 0.119 e. The molecule has 0 fully saturated rings. The first-order valence-electron chi connectivity index (χ1n) is 7.28. The average molecular weight is 281 g/mol. The summed E-state index contributed by atoms with van der Waals surface area (Å²) in [7, 11) is 0. The Morgan fingerprint density at radius 3 is 2.30 bits per heavy atom. The van der Waals surface area contributed by atoms with Crippen molar-refractivity contribution in [1.82, 2.24) is 5.32 Å². The molecule has 1 aromatic carbocycles. The Balaban J connectivity index is 2.36. The Morgan fingerprint density at radius 2 is 1.80 bits per heavy atom. The maximum absolute atomic E-state index is 9.95. The lowest BCUT2D eigenvalue weighted by atomic mass is 9.94. The summed E-state index contributed by atoms with van der Waals surface area (Å²) in [5.41, 5.74) is 0.878. The summed E-state index contributed by atoms with van der Waals surface area (Å²) in [6.45, 7) is 6.81. The lowest BCUT2D eigenvalue weighted by molar-refractivity contribution is 0.0813. The van der Waals surface area contributed by atoms with E-state index in [0.717, 1.165) is 18.6 Å². The van der Waals surface area contributed by atoms with Gasteiger partial charge in [0.25, 0.3) is 0 Å². The molecule has 0 aliphatic carbocycles. The van der Waals surface area contributed by atoms with Gasteiger partial charge < -0.3 is 20.3 Å². The van der Waals surface area contributed by atoms with Crippen LogP contribution in [0.1, 0.15) is 32.3 Å². The van der Waals surface area contributed by atoms with Gasteiger partial charge in [-0.1, -0.05) is 31.5 Å². The van der Waals surface area contributed by atoms with Gasteiger partial charge in [0.15, 0.2) is 0 Å². The molecular formula is C16H27NO3. The van der Waals surface area contributed by atoms with E-state index in [1.165, 1.54) is 5.56 Å². The fourth-order valence-corrected chi connectivity index (χ4v) is 2.00. The van der Waals surface area contributed by atoms with Gasteiger partial charge in [0, 0.05) is 12.1 Å². The van der Waals surface area contributed by atoms with Crippen molar-refractivity contribution in [2.45, 2.75) is 45.3 Å². The van der Waals surface area contributed by atoms with Gasteiger partial charge in [-0.3, -0.25) is 0 Å². The second kappa shape index (κ2) is 8.25. The van der Waals surface area contributed by atoms with E-state index in [4.69, 9.17) is 4.74 Å². The van der Waals surface area contributed by atoms with Gasteiger partial charge in [-0.05, 0) is 31.9 Å². The fraction of sp³-hybridized carbons (Fsp3) is 0.625. The molecule has 20 heavy (non-hydrogen) atoms. The fourth-order valence-electron chi connectivity index (χ4n) is 2.00. The van der Waals surface area contributed by atoms with Crippen LogP contribution in [0.25, 0.3) is 0 Å². The summed E-state index contributed by atoms with van der Waals surface area (Å²) >= 11 is 0. The van der Waals surface area contributed by atoms with E-state index >= 15 is 0 Å². The third kappa shape index (κ3) is 5.12. The minimum atomic E-state index is -0.597. The van der Waals surface area contributed by atoms with E-state index in [9.17, 15) is 10.2 Å². The third-order valence-corrected chi connectivity index (χ3v) is 3.83. The largest absolute Gasteiger partial charge is 0.491 e. The minimum absolute atomic E-state index is 0.0749. The predicted octanol–water partition coefficient (Wildman–Crippen LogP) is 1.88. The van der Waals surface area contributed by atoms with Crippen molar-refractivity contribution in [3.05, 3.63) is 29.8 Å². The van der Waals surface area contributed by atoms with E-state index < -0.39 is 6.10 Å². The van der Waals surface area contributed by atoms with Crippen LogP contribution in [-0.2, 0) is 0 Å². The van der Waals surface area contributed by atoms with Gasteiger partial charge in [0.05, 0.1) is 6.61 Å². The highest BCUT2D eigenvalue weighted by atomic mass is 16.5. The number of aryl methyl sites for hydroxylation is 1. The van der Waals surface area contributed by atoms with Crippen molar-refractivity contribution in [2.75, 3.05) is 19.8 Å². The van der Waals surface area contributed by atoms with E-state index in [1.54, 1.807) is 0 Å². The number of aliphatic hydroxyl groups excluding tert-OH is 2. The molecule has 0 aromatic heterocycles. The van der Waals surface area contributed by atoms with Gasteiger partial charge >= 0.3 is 0 Å². The first-order valence-corrected chi connectivity index (χ1v) is 7.28. The van der Waals surface area contributed by atoms with E-state index in [0.29, 0.717) is 6.54 Å². The standard InChI is InChI=1S/C16H27NO3/c1-4-16(5-2,12-18)17-10-14(19)11-20-15-8-6-13(3)7-9-15/h6-9,14,17-19H,4-5,10-12H2,1-3H3. The van der Waals surface area contributed by atoms with E-state index in [1.807, 2.05) is 45.0 Å².